The number of methoxy groups -OCH3 is 2. The summed E-state index contributed by atoms with van der Waals surface area (Å²) >= 11 is 0. The third-order valence-electron chi connectivity index (χ3n) is 3.12. The molecule has 7 nitrogen and oxygen atoms in total. The highest BCUT2D eigenvalue weighted by Crippen LogP contribution is 2.05. The molecule has 0 aliphatic carbocycles. The fourth-order valence-electron chi connectivity index (χ4n) is 2.00. The van der Waals surface area contributed by atoms with Crippen molar-refractivity contribution in [2.45, 2.75) is 19.9 Å². The highest BCUT2D eigenvalue weighted by molar-refractivity contribution is 5.78. The monoisotopic (exact) mass is 297 g/mol. The molecule has 0 fully saturated rings. The van der Waals surface area contributed by atoms with Crippen molar-refractivity contribution in [2.24, 2.45) is 5.92 Å². The van der Waals surface area contributed by atoms with E-state index in [0.29, 0.717) is 13.1 Å². The molecular weight excluding hydrogens is 274 g/mol. The Morgan fingerprint density at radius 2 is 2.14 bits per heavy atom. The molecule has 1 atom stereocenters. The first-order chi connectivity index (χ1) is 10.1. The van der Waals surface area contributed by atoms with Crippen LogP contribution in [0, 0.1) is 5.92 Å². The number of hydrogen-bond donors (Lipinski definition) is 0. The molecule has 0 aromatic carbocycles. The molecule has 1 unspecified atom stereocenters. The summed E-state index contributed by atoms with van der Waals surface area (Å²) in [6.07, 6.45) is 6.10. The Kier molecular flexibility index (Phi) is 7.45. The second kappa shape index (κ2) is 9.12. The number of carbonyl (C=O) groups excluding carboxylic acids is 2. The van der Waals surface area contributed by atoms with E-state index in [2.05, 4.69) is 4.98 Å². The van der Waals surface area contributed by atoms with Crippen molar-refractivity contribution >= 4 is 11.9 Å². The minimum absolute atomic E-state index is 0.0129. The van der Waals surface area contributed by atoms with Gasteiger partial charge in [0, 0.05) is 39.1 Å². The van der Waals surface area contributed by atoms with Crippen LogP contribution in [0.2, 0.25) is 0 Å². The Morgan fingerprint density at radius 1 is 1.38 bits per heavy atom. The molecule has 0 saturated carbocycles. The predicted molar refractivity (Wildman–Crippen MR) is 76.5 cm³/mol. The summed E-state index contributed by atoms with van der Waals surface area (Å²) in [6, 6.07) is 0. The van der Waals surface area contributed by atoms with Gasteiger partial charge in [-0.3, -0.25) is 9.59 Å². The van der Waals surface area contributed by atoms with Crippen LogP contribution in [-0.4, -0.2) is 60.2 Å². The van der Waals surface area contributed by atoms with E-state index in [-0.39, 0.29) is 24.4 Å². The predicted octanol–water partition coefficient (Wildman–Crippen LogP) is 0.557. The number of aromatic nitrogens is 2. The van der Waals surface area contributed by atoms with Crippen molar-refractivity contribution in [3.63, 3.8) is 0 Å². The van der Waals surface area contributed by atoms with Crippen molar-refractivity contribution < 1.29 is 19.1 Å². The van der Waals surface area contributed by atoms with E-state index >= 15 is 0 Å². The molecule has 0 bridgehead atoms. The van der Waals surface area contributed by atoms with E-state index in [1.54, 1.807) is 24.3 Å². The van der Waals surface area contributed by atoms with Crippen LogP contribution < -0.4 is 0 Å². The van der Waals surface area contributed by atoms with Gasteiger partial charge in [-0.25, -0.2) is 4.98 Å². The van der Waals surface area contributed by atoms with Crippen LogP contribution in [0.3, 0.4) is 0 Å². The van der Waals surface area contributed by atoms with E-state index in [1.165, 1.54) is 14.2 Å². The normalized spacial score (nSPS) is 12.0. The maximum atomic E-state index is 12.0. The van der Waals surface area contributed by atoms with Crippen LogP contribution in [-0.2, 0) is 25.6 Å². The number of amides is 1. The molecule has 1 aromatic heterocycles. The van der Waals surface area contributed by atoms with Gasteiger partial charge >= 0.3 is 5.97 Å². The molecule has 21 heavy (non-hydrogen) atoms. The fourth-order valence-corrected chi connectivity index (χ4v) is 2.00. The first-order valence-electron chi connectivity index (χ1n) is 6.88. The first-order valence-corrected chi connectivity index (χ1v) is 6.88. The number of imidazole rings is 1. The lowest BCUT2D eigenvalue weighted by Crippen LogP contribution is -2.40. The lowest BCUT2D eigenvalue weighted by atomic mass is 10.1. The Balaban J connectivity index is 2.51. The molecule has 0 saturated heterocycles. The maximum Gasteiger partial charge on any atom is 0.310 e. The summed E-state index contributed by atoms with van der Waals surface area (Å²) in [5.74, 6) is -0.803. The number of esters is 1. The topological polar surface area (TPSA) is 73.7 Å². The van der Waals surface area contributed by atoms with Crippen LogP contribution in [0.4, 0.5) is 0 Å². The second-order valence-corrected chi connectivity index (χ2v) is 4.85. The Labute approximate surface area is 124 Å². The zero-order valence-electron chi connectivity index (χ0n) is 12.8. The third-order valence-corrected chi connectivity index (χ3v) is 3.12. The summed E-state index contributed by atoms with van der Waals surface area (Å²) in [6.45, 7) is 3.41. The average Bonchev–Trinajstić information content (AvgIpc) is 2.98. The highest BCUT2D eigenvalue weighted by atomic mass is 16.5. The first kappa shape index (κ1) is 17.2. The van der Waals surface area contributed by atoms with Gasteiger partial charge in [0.2, 0.25) is 5.91 Å². The van der Waals surface area contributed by atoms with Crippen molar-refractivity contribution in [3.8, 4) is 0 Å². The molecule has 1 rings (SSSR count). The molecule has 0 aliphatic rings. The van der Waals surface area contributed by atoms with E-state index in [9.17, 15) is 9.59 Å². The van der Waals surface area contributed by atoms with Gasteiger partial charge in [0.05, 0.1) is 19.4 Å². The molecule has 1 amide bonds. The molecule has 118 valence electrons. The van der Waals surface area contributed by atoms with Crippen LogP contribution >= 0.6 is 0 Å². The molecule has 0 spiro atoms. The number of rotatable bonds is 9. The van der Waals surface area contributed by atoms with Crippen LogP contribution in [0.1, 0.15) is 13.3 Å². The summed E-state index contributed by atoms with van der Waals surface area (Å²) < 4.78 is 11.5. The van der Waals surface area contributed by atoms with Gasteiger partial charge in [-0.05, 0) is 6.42 Å². The third kappa shape index (κ3) is 5.95. The Morgan fingerprint density at radius 3 is 2.71 bits per heavy atom. The maximum absolute atomic E-state index is 12.0. The van der Waals surface area contributed by atoms with Gasteiger partial charge in [0.25, 0.3) is 0 Å². The molecular formula is C14H23N3O4. The molecule has 1 heterocycles. The number of hydrogen-bond acceptors (Lipinski definition) is 5. The van der Waals surface area contributed by atoms with E-state index in [1.807, 2.05) is 10.8 Å². The van der Waals surface area contributed by atoms with Gasteiger partial charge in [-0.2, -0.15) is 0 Å². The number of aryl methyl sites for hydroxylation is 1. The van der Waals surface area contributed by atoms with Gasteiger partial charge in [0.15, 0.2) is 0 Å². The van der Waals surface area contributed by atoms with Crippen molar-refractivity contribution in [1.29, 1.82) is 0 Å². The number of nitrogens with zero attached hydrogens (tertiary/aromatic N) is 3. The highest BCUT2D eigenvalue weighted by Gasteiger charge is 2.21. The summed E-state index contributed by atoms with van der Waals surface area (Å²) in [7, 11) is 2.82. The summed E-state index contributed by atoms with van der Waals surface area (Å²) in [5.41, 5.74) is 0. The largest absolute Gasteiger partial charge is 0.469 e. The van der Waals surface area contributed by atoms with Gasteiger partial charge in [-0.15, -0.1) is 0 Å². The van der Waals surface area contributed by atoms with Gasteiger partial charge in [-0.1, -0.05) is 6.92 Å². The molecule has 0 radical (unpaired) electrons. The van der Waals surface area contributed by atoms with Crippen molar-refractivity contribution in [2.75, 3.05) is 33.9 Å². The second-order valence-electron chi connectivity index (χ2n) is 4.85. The van der Waals surface area contributed by atoms with Crippen LogP contribution in [0.15, 0.2) is 18.7 Å². The zero-order chi connectivity index (χ0) is 15.7. The van der Waals surface area contributed by atoms with Crippen molar-refractivity contribution in [3.05, 3.63) is 18.7 Å². The smallest absolute Gasteiger partial charge is 0.310 e. The zero-order valence-corrected chi connectivity index (χ0v) is 12.8. The molecule has 1 aromatic rings. The van der Waals surface area contributed by atoms with Crippen LogP contribution in [0.5, 0.6) is 0 Å². The fraction of sp³-hybridized carbons (Fsp3) is 0.643. The summed E-state index contributed by atoms with van der Waals surface area (Å²) in [4.78, 5) is 29.1. The molecule has 7 heteroatoms. The number of ether oxygens (including phenoxy) is 2. The number of carbonyl (C=O) groups is 2. The Hall–Kier alpha value is -1.89. The lowest BCUT2D eigenvalue weighted by Gasteiger charge is -2.25. The lowest BCUT2D eigenvalue weighted by molar-refractivity contribution is -0.147. The minimum Gasteiger partial charge on any atom is -0.469 e. The quantitative estimate of drug-likeness (QED) is 0.623. The SMILES string of the molecule is COCC(=O)N(CCCn1ccnc1)CC(C)C(=O)OC. The van der Waals surface area contributed by atoms with Gasteiger partial charge in [0.1, 0.15) is 6.61 Å². The molecule has 0 aliphatic heterocycles. The standard InChI is InChI=1S/C14H23N3O4/c1-12(14(19)21-3)9-17(13(18)10-20-2)7-4-6-16-8-5-15-11-16/h5,8,11-12H,4,6-7,9-10H2,1-3H3. The molecule has 0 N–H and O–H groups in total. The minimum atomic E-state index is -0.357. The van der Waals surface area contributed by atoms with E-state index < -0.39 is 0 Å². The van der Waals surface area contributed by atoms with Crippen LogP contribution in [0.25, 0.3) is 0 Å². The average molecular weight is 297 g/mol. The van der Waals surface area contributed by atoms with Gasteiger partial charge < -0.3 is 18.9 Å². The van der Waals surface area contributed by atoms with E-state index in [4.69, 9.17) is 9.47 Å². The summed E-state index contributed by atoms with van der Waals surface area (Å²) in [5, 5.41) is 0. The van der Waals surface area contributed by atoms with Crippen molar-refractivity contribution in [1.82, 2.24) is 14.5 Å². The van der Waals surface area contributed by atoms with E-state index in [0.717, 1.165) is 13.0 Å². The Bertz CT molecular complexity index is 433.